The third kappa shape index (κ3) is 10.7. The van der Waals surface area contributed by atoms with Gasteiger partial charge in [-0.3, -0.25) is 4.79 Å². The first-order valence-electron chi connectivity index (χ1n) is 14.5. The van der Waals surface area contributed by atoms with Crippen LogP contribution in [0.1, 0.15) is 89.9 Å². The molecule has 0 aliphatic carbocycles. The normalized spacial score (nSPS) is 11.2. The second-order valence-electron chi connectivity index (χ2n) is 10.3. The minimum absolute atomic E-state index is 0. The molecule has 0 radical (unpaired) electrons. The molecule has 206 valence electrons. The van der Waals surface area contributed by atoms with Gasteiger partial charge in [0.05, 0.1) is 6.16 Å². The van der Waals surface area contributed by atoms with Gasteiger partial charge in [-0.2, -0.15) is 0 Å². The SMILES string of the molecule is O=C(O)CCCCCCCCCCCCCCC[P+](c1ccccc1)(c1ccccc1)c1ccccc1.[Br-]. The number of hydrogen-bond acceptors (Lipinski definition) is 1. The number of halogens is 1. The predicted molar refractivity (Wildman–Crippen MR) is 162 cm³/mol. The summed E-state index contributed by atoms with van der Waals surface area (Å²) in [6.45, 7) is 0. The molecule has 38 heavy (non-hydrogen) atoms. The van der Waals surface area contributed by atoms with Gasteiger partial charge in [-0.05, 0) is 55.7 Å². The van der Waals surface area contributed by atoms with Crippen LogP contribution in [0.25, 0.3) is 0 Å². The average molecular weight is 598 g/mol. The Labute approximate surface area is 242 Å². The lowest BCUT2D eigenvalue weighted by Crippen LogP contribution is -3.00. The zero-order chi connectivity index (χ0) is 26.0. The summed E-state index contributed by atoms with van der Waals surface area (Å²) in [5.41, 5.74) is 0. The highest BCUT2D eigenvalue weighted by molar-refractivity contribution is 7.95. The molecule has 0 saturated heterocycles. The van der Waals surface area contributed by atoms with E-state index in [9.17, 15) is 4.79 Å². The third-order valence-electron chi connectivity index (χ3n) is 7.48. The van der Waals surface area contributed by atoms with E-state index in [0.717, 1.165) is 12.8 Å². The first-order valence-corrected chi connectivity index (χ1v) is 16.5. The molecule has 2 nitrogen and oxygen atoms in total. The van der Waals surface area contributed by atoms with Crippen molar-refractivity contribution < 1.29 is 26.9 Å². The molecule has 3 aromatic carbocycles. The number of aliphatic carboxylic acids is 1. The molecule has 0 saturated carbocycles. The second-order valence-corrected chi connectivity index (χ2v) is 13.9. The Morgan fingerprint density at radius 1 is 0.474 bits per heavy atom. The highest BCUT2D eigenvalue weighted by atomic mass is 79.9. The van der Waals surface area contributed by atoms with Crippen LogP contribution in [0.15, 0.2) is 91.0 Å². The van der Waals surface area contributed by atoms with Crippen molar-refractivity contribution in [2.75, 3.05) is 6.16 Å². The fourth-order valence-electron chi connectivity index (χ4n) is 5.45. The van der Waals surface area contributed by atoms with E-state index in [4.69, 9.17) is 5.11 Å². The topological polar surface area (TPSA) is 37.3 Å². The maximum absolute atomic E-state index is 10.5. The van der Waals surface area contributed by atoms with Crippen molar-refractivity contribution in [3.8, 4) is 0 Å². The number of carboxylic acid groups (broad SMARTS) is 1. The van der Waals surface area contributed by atoms with E-state index >= 15 is 0 Å². The lowest BCUT2D eigenvalue weighted by atomic mass is 10.0. The van der Waals surface area contributed by atoms with Crippen molar-refractivity contribution in [2.45, 2.75) is 89.9 Å². The Morgan fingerprint density at radius 3 is 1.08 bits per heavy atom. The summed E-state index contributed by atoms with van der Waals surface area (Å²) in [6, 6.07) is 33.7. The van der Waals surface area contributed by atoms with Crippen molar-refractivity contribution >= 4 is 29.1 Å². The number of carboxylic acids is 1. The van der Waals surface area contributed by atoms with Gasteiger partial charge in [-0.25, -0.2) is 0 Å². The van der Waals surface area contributed by atoms with Crippen molar-refractivity contribution in [3.63, 3.8) is 0 Å². The van der Waals surface area contributed by atoms with Crippen molar-refractivity contribution in [3.05, 3.63) is 91.0 Å². The number of benzene rings is 3. The summed E-state index contributed by atoms with van der Waals surface area (Å²) >= 11 is 0. The van der Waals surface area contributed by atoms with Gasteiger partial charge in [0.15, 0.2) is 0 Å². The van der Waals surface area contributed by atoms with Crippen LogP contribution in [0.5, 0.6) is 0 Å². The Hall–Kier alpha value is -1.96. The highest BCUT2D eigenvalue weighted by Gasteiger charge is 2.44. The van der Waals surface area contributed by atoms with E-state index in [0.29, 0.717) is 6.42 Å². The molecule has 0 heterocycles. The molecule has 1 N–H and O–H groups in total. The minimum atomic E-state index is -1.67. The molecular weight excluding hydrogens is 551 g/mol. The molecule has 3 rings (SSSR count). The maximum Gasteiger partial charge on any atom is 0.303 e. The summed E-state index contributed by atoms with van der Waals surface area (Å²) in [5, 5.41) is 13.2. The molecule has 4 heteroatoms. The summed E-state index contributed by atoms with van der Waals surface area (Å²) in [5.74, 6) is -0.662. The van der Waals surface area contributed by atoms with Gasteiger partial charge in [0, 0.05) is 6.42 Å². The van der Waals surface area contributed by atoms with Gasteiger partial charge >= 0.3 is 5.97 Å². The first-order chi connectivity index (χ1) is 18.2. The molecule has 0 aromatic heterocycles. The number of unbranched alkanes of at least 4 members (excludes halogenated alkanes) is 12. The maximum atomic E-state index is 10.5. The van der Waals surface area contributed by atoms with Crippen LogP contribution in [0.3, 0.4) is 0 Å². The number of rotatable bonds is 19. The van der Waals surface area contributed by atoms with Crippen LogP contribution in [0.4, 0.5) is 0 Å². The summed E-state index contributed by atoms with van der Waals surface area (Å²) in [4.78, 5) is 10.5. The van der Waals surface area contributed by atoms with E-state index in [1.54, 1.807) is 0 Å². The second kappa shape index (κ2) is 19.2. The molecule has 0 fully saturated rings. The fourth-order valence-corrected chi connectivity index (χ4v) is 9.86. The lowest BCUT2D eigenvalue weighted by Gasteiger charge is -2.27. The average Bonchev–Trinajstić information content (AvgIpc) is 2.94. The zero-order valence-corrected chi connectivity index (χ0v) is 25.4. The Kier molecular flexibility index (Phi) is 16.3. The molecule has 0 bridgehead atoms. The van der Waals surface area contributed by atoms with Crippen LogP contribution in [0.2, 0.25) is 0 Å². The van der Waals surface area contributed by atoms with E-state index < -0.39 is 13.2 Å². The standard InChI is InChI=1S/C34H45O2P.BrH/c35-34(36)29-21-10-8-6-4-2-1-3-5-7-9-11-22-30-37(31-23-15-12-16-24-31,32-25-17-13-18-26-32)33-27-19-14-20-28-33;/h12-20,23-28H,1-11,21-22,29-30H2;1H. The number of carbonyl (C=O) groups is 1. The molecule has 0 unspecified atom stereocenters. The summed E-state index contributed by atoms with van der Waals surface area (Å²) < 4.78 is 0. The van der Waals surface area contributed by atoms with E-state index in [2.05, 4.69) is 91.0 Å². The van der Waals surface area contributed by atoms with Gasteiger partial charge in [-0.15, -0.1) is 0 Å². The van der Waals surface area contributed by atoms with Crippen LogP contribution in [-0.4, -0.2) is 17.2 Å². The number of hydrogen-bond donors (Lipinski definition) is 1. The predicted octanol–water partition coefficient (Wildman–Crippen LogP) is 5.53. The van der Waals surface area contributed by atoms with Gasteiger partial charge < -0.3 is 22.1 Å². The van der Waals surface area contributed by atoms with E-state index in [1.807, 2.05) is 0 Å². The van der Waals surface area contributed by atoms with E-state index in [1.165, 1.54) is 92.7 Å². The summed E-state index contributed by atoms with van der Waals surface area (Å²) in [7, 11) is -1.67. The lowest BCUT2D eigenvalue weighted by molar-refractivity contribution is -0.137. The largest absolute Gasteiger partial charge is 1.00 e. The van der Waals surface area contributed by atoms with Crippen LogP contribution < -0.4 is 32.9 Å². The Bertz CT molecular complexity index is 898. The van der Waals surface area contributed by atoms with Crippen molar-refractivity contribution in [1.82, 2.24) is 0 Å². The van der Waals surface area contributed by atoms with Gasteiger partial charge in [0.1, 0.15) is 23.2 Å². The van der Waals surface area contributed by atoms with Gasteiger partial charge in [0.2, 0.25) is 0 Å². The van der Waals surface area contributed by atoms with Crippen molar-refractivity contribution in [2.24, 2.45) is 0 Å². The molecule has 0 aliphatic heterocycles. The summed E-state index contributed by atoms with van der Waals surface area (Å²) in [6.07, 6.45) is 17.9. The molecule has 0 aliphatic rings. The van der Waals surface area contributed by atoms with Gasteiger partial charge in [0.25, 0.3) is 0 Å². The van der Waals surface area contributed by atoms with Crippen LogP contribution in [0, 0.1) is 0 Å². The molecule has 0 atom stereocenters. The molecule has 3 aromatic rings. The third-order valence-corrected chi connectivity index (χ3v) is 12.0. The highest BCUT2D eigenvalue weighted by Crippen LogP contribution is 2.56. The van der Waals surface area contributed by atoms with Crippen molar-refractivity contribution in [1.29, 1.82) is 0 Å². The van der Waals surface area contributed by atoms with Crippen LogP contribution in [-0.2, 0) is 4.79 Å². The van der Waals surface area contributed by atoms with Gasteiger partial charge in [-0.1, -0.05) is 119 Å². The fraction of sp³-hybridized carbons (Fsp3) is 0.441. The molecule has 0 spiro atoms. The smallest absolute Gasteiger partial charge is 0.303 e. The Morgan fingerprint density at radius 2 is 0.763 bits per heavy atom. The zero-order valence-electron chi connectivity index (χ0n) is 22.9. The molecule has 0 amide bonds. The minimum Gasteiger partial charge on any atom is -1.00 e. The quantitative estimate of drug-likeness (QED) is 0.146. The molecular formula is C34H46BrO2P. The first kappa shape index (κ1) is 32.3. The Balaban J connectivity index is 0.00000507. The van der Waals surface area contributed by atoms with E-state index in [-0.39, 0.29) is 17.0 Å². The van der Waals surface area contributed by atoms with Crippen LogP contribution >= 0.6 is 7.26 Å². The monoisotopic (exact) mass is 596 g/mol.